The normalized spacial score (nSPS) is 11.2. The molecular weight excluding hydrogens is 311 g/mol. The minimum Gasteiger partial charge on any atom is -0.357 e. The van der Waals surface area contributed by atoms with Crippen molar-refractivity contribution in [3.63, 3.8) is 0 Å². The molecule has 126 valence electrons. The molecule has 0 radical (unpaired) electrons. The molecule has 0 aromatic heterocycles. The van der Waals surface area contributed by atoms with Crippen LogP contribution in [0.4, 0.5) is 10.1 Å². The number of halogens is 1. The van der Waals surface area contributed by atoms with Crippen molar-refractivity contribution >= 4 is 11.6 Å². The highest BCUT2D eigenvalue weighted by molar-refractivity contribution is 5.79. The first-order valence-electron chi connectivity index (χ1n) is 7.58. The molecule has 7 heteroatoms. The maximum atomic E-state index is 13.2. The summed E-state index contributed by atoms with van der Waals surface area (Å²) in [6, 6.07) is 12.6. The Hall–Kier alpha value is -2.96. The summed E-state index contributed by atoms with van der Waals surface area (Å²) in [7, 11) is 0. The van der Waals surface area contributed by atoms with Gasteiger partial charge in [-0.25, -0.2) is 9.38 Å². The van der Waals surface area contributed by atoms with Crippen molar-refractivity contribution in [1.82, 2.24) is 10.6 Å². The van der Waals surface area contributed by atoms with Crippen LogP contribution in [-0.2, 0) is 13.1 Å². The summed E-state index contributed by atoms with van der Waals surface area (Å²) < 4.78 is 13.2. The summed E-state index contributed by atoms with van der Waals surface area (Å²) in [5.41, 5.74) is 1.74. The second-order valence-electron chi connectivity index (χ2n) is 5.10. The molecule has 0 aliphatic carbocycles. The van der Waals surface area contributed by atoms with E-state index in [1.807, 2.05) is 13.0 Å². The molecule has 0 amide bonds. The highest BCUT2D eigenvalue weighted by Gasteiger charge is 2.04. The summed E-state index contributed by atoms with van der Waals surface area (Å²) in [6.45, 7) is 3.47. The Bertz CT molecular complexity index is 717. The number of hydrogen-bond acceptors (Lipinski definition) is 3. The first kappa shape index (κ1) is 17.4. The molecule has 0 aliphatic heterocycles. The molecule has 0 atom stereocenters. The Balaban J connectivity index is 1.97. The van der Waals surface area contributed by atoms with Gasteiger partial charge in [-0.1, -0.05) is 24.3 Å². The van der Waals surface area contributed by atoms with Gasteiger partial charge in [-0.15, -0.1) is 0 Å². The van der Waals surface area contributed by atoms with E-state index in [0.717, 1.165) is 11.1 Å². The zero-order valence-electron chi connectivity index (χ0n) is 13.3. The Labute approximate surface area is 139 Å². The summed E-state index contributed by atoms with van der Waals surface area (Å²) >= 11 is 0. The molecule has 24 heavy (non-hydrogen) atoms. The number of aliphatic imine (C=N–C) groups is 1. The molecule has 0 saturated carbocycles. The van der Waals surface area contributed by atoms with E-state index in [2.05, 4.69) is 15.6 Å². The van der Waals surface area contributed by atoms with E-state index in [-0.39, 0.29) is 11.5 Å². The van der Waals surface area contributed by atoms with Gasteiger partial charge in [0.25, 0.3) is 5.69 Å². The van der Waals surface area contributed by atoms with Crippen molar-refractivity contribution in [2.24, 2.45) is 4.99 Å². The second-order valence-corrected chi connectivity index (χ2v) is 5.10. The molecule has 0 unspecified atom stereocenters. The van der Waals surface area contributed by atoms with Gasteiger partial charge in [0.05, 0.1) is 11.5 Å². The number of nitrogens with one attached hydrogen (secondary N) is 2. The third-order valence-electron chi connectivity index (χ3n) is 3.26. The first-order valence-corrected chi connectivity index (χ1v) is 7.58. The molecule has 6 nitrogen and oxygen atoms in total. The molecule has 0 fully saturated rings. The van der Waals surface area contributed by atoms with Gasteiger partial charge < -0.3 is 10.6 Å². The number of nitro groups is 1. The third kappa shape index (κ3) is 5.35. The summed E-state index contributed by atoms with van der Waals surface area (Å²) in [5, 5.41) is 16.9. The number of non-ortho nitro benzene ring substituents is 1. The van der Waals surface area contributed by atoms with Gasteiger partial charge in [-0.05, 0) is 30.2 Å². The average Bonchev–Trinajstić information content (AvgIpc) is 2.58. The van der Waals surface area contributed by atoms with Crippen LogP contribution in [0.15, 0.2) is 53.5 Å². The number of benzene rings is 2. The Morgan fingerprint density at radius 3 is 2.54 bits per heavy atom. The van der Waals surface area contributed by atoms with Crippen molar-refractivity contribution in [2.45, 2.75) is 20.0 Å². The van der Waals surface area contributed by atoms with Gasteiger partial charge in [-0.3, -0.25) is 10.1 Å². The number of nitrogens with zero attached hydrogens (tertiary/aromatic N) is 2. The molecular formula is C17H19FN4O2. The van der Waals surface area contributed by atoms with Crippen LogP contribution in [0.3, 0.4) is 0 Å². The van der Waals surface area contributed by atoms with Gasteiger partial charge in [0.15, 0.2) is 5.96 Å². The van der Waals surface area contributed by atoms with E-state index in [9.17, 15) is 14.5 Å². The fourth-order valence-corrected chi connectivity index (χ4v) is 2.07. The third-order valence-corrected chi connectivity index (χ3v) is 3.26. The van der Waals surface area contributed by atoms with Gasteiger partial charge in [0.2, 0.25) is 0 Å². The topological polar surface area (TPSA) is 79.6 Å². The van der Waals surface area contributed by atoms with Crippen molar-refractivity contribution < 1.29 is 9.31 Å². The van der Waals surface area contributed by atoms with E-state index < -0.39 is 4.92 Å². The lowest BCUT2D eigenvalue weighted by atomic mass is 10.2. The molecule has 0 heterocycles. The van der Waals surface area contributed by atoms with Crippen LogP contribution in [0.1, 0.15) is 18.1 Å². The monoisotopic (exact) mass is 330 g/mol. The maximum Gasteiger partial charge on any atom is 0.269 e. The SMILES string of the molecule is CCNC(=NCc1cccc(F)c1)NCc1ccc([N+](=O)[O-])cc1. The quantitative estimate of drug-likeness (QED) is 0.369. The number of hydrogen-bond donors (Lipinski definition) is 2. The molecule has 0 saturated heterocycles. The van der Waals surface area contributed by atoms with Crippen LogP contribution in [-0.4, -0.2) is 17.4 Å². The van der Waals surface area contributed by atoms with E-state index in [1.54, 1.807) is 18.2 Å². The molecule has 0 spiro atoms. The van der Waals surface area contributed by atoms with Crippen LogP contribution in [0, 0.1) is 15.9 Å². The maximum absolute atomic E-state index is 13.2. The van der Waals surface area contributed by atoms with E-state index in [1.165, 1.54) is 24.3 Å². The van der Waals surface area contributed by atoms with Crippen LogP contribution >= 0.6 is 0 Å². The van der Waals surface area contributed by atoms with Crippen molar-refractivity contribution in [3.05, 3.63) is 75.6 Å². The molecule has 2 N–H and O–H groups in total. The average molecular weight is 330 g/mol. The minimum atomic E-state index is -0.429. The van der Waals surface area contributed by atoms with Crippen LogP contribution in [0.2, 0.25) is 0 Å². The zero-order valence-corrected chi connectivity index (χ0v) is 13.3. The van der Waals surface area contributed by atoms with Crippen molar-refractivity contribution in [3.8, 4) is 0 Å². The smallest absolute Gasteiger partial charge is 0.269 e. The van der Waals surface area contributed by atoms with E-state index in [4.69, 9.17) is 0 Å². The lowest BCUT2D eigenvalue weighted by Gasteiger charge is -2.11. The number of guanidine groups is 1. The van der Waals surface area contributed by atoms with Gasteiger partial charge >= 0.3 is 0 Å². The highest BCUT2D eigenvalue weighted by atomic mass is 19.1. The van der Waals surface area contributed by atoms with Crippen LogP contribution < -0.4 is 10.6 Å². The minimum absolute atomic E-state index is 0.0606. The standard InChI is InChI=1S/C17H19FN4O2/c1-2-19-17(21-12-14-4-3-5-15(18)10-14)20-11-13-6-8-16(9-7-13)22(23)24/h3-10H,2,11-12H2,1H3,(H2,19,20,21). The highest BCUT2D eigenvalue weighted by Crippen LogP contribution is 2.11. The molecule has 0 bridgehead atoms. The molecule has 2 rings (SSSR count). The lowest BCUT2D eigenvalue weighted by molar-refractivity contribution is -0.384. The zero-order chi connectivity index (χ0) is 17.4. The lowest BCUT2D eigenvalue weighted by Crippen LogP contribution is -2.36. The van der Waals surface area contributed by atoms with Crippen molar-refractivity contribution in [2.75, 3.05) is 6.54 Å². The van der Waals surface area contributed by atoms with E-state index >= 15 is 0 Å². The van der Waals surface area contributed by atoms with Crippen LogP contribution in [0.25, 0.3) is 0 Å². The molecule has 2 aromatic carbocycles. The summed E-state index contributed by atoms with van der Waals surface area (Å²) in [4.78, 5) is 14.6. The number of rotatable bonds is 6. The predicted octanol–water partition coefficient (Wildman–Crippen LogP) is 2.99. The Morgan fingerprint density at radius 1 is 1.17 bits per heavy atom. The Morgan fingerprint density at radius 2 is 1.92 bits per heavy atom. The summed E-state index contributed by atoms with van der Waals surface area (Å²) in [6.07, 6.45) is 0. The van der Waals surface area contributed by atoms with Gasteiger partial charge in [0.1, 0.15) is 5.82 Å². The fraction of sp³-hybridized carbons (Fsp3) is 0.235. The van der Waals surface area contributed by atoms with Crippen molar-refractivity contribution in [1.29, 1.82) is 0 Å². The molecule has 0 aliphatic rings. The van der Waals surface area contributed by atoms with Crippen LogP contribution in [0.5, 0.6) is 0 Å². The predicted molar refractivity (Wildman–Crippen MR) is 91.2 cm³/mol. The first-order chi connectivity index (χ1) is 11.6. The van der Waals surface area contributed by atoms with Gasteiger partial charge in [-0.2, -0.15) is 0 Å². The largest absolute Gasteiger partial charge is 0.357 e. The number of nitro benzene ring substituents is 1. The molecule has 2 aromatic rings. The second kappa shape index (κ2) is 8.61. The van der Waals surface area contributed by atoms with Gasteiger partial charge in [0, 0.05) is 25.2 Å². The Kier molecular flexibility index (Phi) is 6.24. The summed E-state index contributed by atoms with van der Waals surface area (Å²) in [5.74, 6) is 0.312. The van der Waals surface area contributed by atoms with E-state index in [0.29, 0.717) is 25.6 Å². The fourth-order valence-electron chi connectivity index (χ4n) is 2.07.